The summed E-state index contributed by atoms with van der Waals surface area (Å²) in [5, 5.41) is 3.95. The maximum atomic E-state index is 12.3. The van der Waals surface area contributed by atoms with Gasteiger partial charge in [-0.2, -0.15) is 5.10 Å². The Bertz CT molecular complexity index is 1370. The largest absolute Gasteiger partial charge is 0.493 e. The molecule has 0 bridgehead atoms. The van der Waals surface area contributed by atoms with E-state index in [9.17, 15) is 9.59 Å². The Labute approximate surface area is 220 Å². The molecule has 4 aromatic carbocycles. The van der Waals surface area contributed by atoms with E-state index in [1.807, 2.05) is 36.4 Å². The summed E-state index contributed by atoms with van der Waals surface area (Å²) in [5.41, 5.74) is 4.55. The molecule has 8 heteroatoms. The standard InChI is InChI=1S/C30H26N2O6/c1-35-28-18-23(12-17-27(28)38-30(34)24-10-6-3-7-11-24)19-31-32-29(33)21-37-26-15-13-25(14-16-26)36-20-22-8-4-2-5-9-22/h2-19H,20-21H2,1H3,(H,32,33)/b31-19-. The van der Waals surface area contributed by atoms with Crippen molar-refractivity contribution in [3.8, 4) is 23.0 Å². The minimum atomic E-state index is -0.494. The average Bonchev–Trinajstić information content (AvgIpc) is 2.97. The summed E-state index contributed by atoms with van der Waals surface area (Å²) < 4.78 is 22.0. The van der Waals surface area contributed by atoms with Crippen LogP contribution in [-0.2, 0) is 11.4 Å². The van der Waals surface area contributed by atoms with Crippen molar-refractivity contribution < 1.29 is 28.5 Å². The SMILES string of the molecule is COc1cc(/C=N\NC(=O)COc2ccc(OCc3ccccc3)cc2)ccc1OC(=O)c1ccccc1. The molecule has 38 heavy (non-hydrogen) atoms. The second-order valence-electron chi connectivity index (χ2n) is 7.99. The van der Waals surface area contributed by atoms with E-state index in [4.69, 9.17) is 18.9 Å². The Balaban J connectivity index is 1.23. The third-order valence-electron chi connectivity index (χ3n) is 5.24. The minimum Gasteiger partial charge on any atom is -0.493 e. The van der Waals surface area contributed by atoms with Crippen molar-refractivity contribution in [3.63, 3.8) is 0 Å². The van der Waals surface area contributed by atoms with Crippen molar-refractivity contribution in [1.82, 2.24) is 5.43 Å². The summed E-state index contributed by atoms with van der Waals surface area (Å²) in [5.74, 6) is 0.933. The van der Waals surface area contributed by atoms with Crippen LogP contribution in [0.5, 0.6) is 23.0 Å². The van der Waals surface area contributed by atoms with E-state index in [-0.39, 0.29) is 12.4 Å². The van der Waals surface area contributed by atoms with E-state index in [1.54, 1.807) is 66.7 Å². The molecule has 0 aliphatic carbocycles. The molecule has 1 amide bonds. The molecule has 0 aromatic heterocycles. The molecule has 0 unspecified atom stereocenters. The third kappa shape index (κ3) is 7.69. The fourth-order valence-electron chi connectivity index (χ4n) is 3.31. The molecule has 1 N–H and O–H groups in total. The third-order valence-corrected chi connectivity index (χ3v) is 5.24. The van der Waals surface area contributed by atoms with Gasteiger partial charge in [-0.05, 0) is 65.7 Å². The number of ether oxygens (including phenoxy) is 4. The zero-order chi connectivity index (χ0) is 26.6. The Kier molecular flexibility index (Phi) is 9.07. The fraction of sp³-hybridized carbons (Fsp3) is 0.100. The first-order valence-electron chi connectivity index (χ1n) is 11.8. The number of carbonyl (C=O) groups excluding carboxylic acids is 2. The number of hydrogen-bond acceptors (Lipinski definition) is 7. The second-order valence-corrected chi connectivity index (χ2v) is 7.99. The Morgan fingerprint density at radius 1 is 0.789 bits per heavy atom. The summed E-state index contributed by atoms with van der Waals surface area (Å²) in [6, 6.07) is 30.5. The highest BCUT2D eigenvalue weighted by atomic mass is 16.6. The summed E-state index contributed by atoms with van der Waals surface area (Å²) >= 11 is 0. The molecular weight excluding hydrogens is 484 g/mol. The number of amides is 1. The number of nitrogens with zero attached hydrogens (tertiary/aromatic N) is 1. The van der Waals surface area contributed by atoms with Gasteiger partial charge in [0.25, 0.3) is 5.91 Å². The van der Waals surface area contributed by atoms with Crippen LogP contribution in [-0.4, -0.2) is 31.8 Å². The van der Waals surface area contributed by atoms with Crippen LogP contribution in [0.15, 0.2) is 108 Å². The molecule has 8 nitrogen and oxygen atoms in total. The van der Waals surface area contributed by atoms with Crippen molar-refractivity contribution in [2.24, 2.45) is 5.10 Å². The van der Waals surface area contributed by atoms with Crippen LogP contribution in [0.25, 0.3) is 0 Å². The van der Waals surface area contributed by atoms with Gasteiger partial charge in [0.15, 0.2) is 18.1 Å². The van der Waals surface area contributed by atoms with Crippen LogP contribution in [0, 0.1) is 0 Å². The number of benzene rings is 4. The molecule has 0 radical (unpaired) electrons. The quantitative estimate of drug-likeness (QED) is 0.132. The molecule has 0 atom stereocenters. The lowest BCUT2D eigenvalue weighted by atomic mass is 10.2. The number of esters is 1. The molecule has 4 aromatic rings. The van der Waals surface area contributed by atoms with Gasteiger partial charge in [0.1, 0.15) is 18.1 Å². The molecule has 192 valence electrons. The smallest absolute Gasteiger partial charge is 0.343 e. The molecule has 0 aliphatic heterocycles. The van der Waals surface area contributed by atoms with E-state index in [2.05, 4.69) is 10.5 Å². The monoisotopic (exact) mass is 510 g/mol. The summed E-state index contributed by atoms with van der Waals surface area (Å²) in [6.07, 6.45) is 1.45. The normalized spacial score (nSPS) is 10.6. The average molecular weight is 511 g/mol. The summed E-state index contributed by atoms with van der Waals surface area (Å²) in [6.45, 7) is 0.258. The number of carbonyl (C=O) groups is 2. The lowest BCUT2D eigenvalue weighted by Gasteiger charge is -2.10. The number of rotatable bonds is 11. The number of hydrogen-bond donors (Lipinski definition) is 1. The molecule has 0 aliphatic rings. The van der Waals surface area contributed by atoms with Crippen LogP contribution in [0.4, 0.5) is 0 Å². The zero-order valence-electron chi connectivity index (χ0n) is 20.7. The van der Waals surface area contributed by atoms with Gasteiger partial charge in [0.2, 0.25) is 0 Å². The van der Waals surface area contributed by atoms with E-state index in [0.717, 1.165) is 5.56 Å². The summed E-state index contributed by atoms with van der Waals surface area (Å²) in [7, 11) is 1.47. The van der Waals surface area contributed by atoms with Gasteiger partial charge >= 0.3 is 5.97 Å². The maximum Gasteiger partial charge on any atom is 0.343 e. The fourth-order valence-corrected chi connectivity index (χ4v) is 3.31. The number of hydrazone groups is 1. The topological polar surface area (TPSA) is 95.5 Å². The predicted octanol–water partition coefficient (Wildman–Crippen LogP) is 5.02. The van der Waals surface area contributed by atoms with Crippen LogP contribution in [0.2, 0.25) is 0 Å². The molecule has 0 heterocycles. The van der Waals surface area contributed by atoms with E-state index < -0.39 is 11.9 Å². The Morgan fingerprint density at radius 2 is 1.45 bits per heavy atom. The lowest BCUT2D eigenvalue weighted by molar-refractivity contribution is -0.123. The lowest BCUT2D eigenvalue weighted by Crippen LogP contribution is -2.24. The Hall–Kier alpha value is -5.11. The van der Waals surface area contributed by atoms with Gasteiger partial charge in [-0.1, -0.05) is 48.5 Å². The van der Waals surface area contributed by atoms with Gasteiger partial charge < -0.3 is 18.9 Å². The predicted molar refractivity (Wildman–Crippen MR) is 143 cm³/mol. The number of nitrogens with one attached hydrogen (secondary N) is 1. The minimum absolute atomic E-state index is 0.209. The molecule has 0 spiro atoms. The van der Waals surface area contributed by atoms with Gasteiger partial charge in [-0.25, -0.2) is 10.2 Å². The van der Waals surface area contributed by atoms with Gasteiger partial charge in [0.05, 0.1) is 18.9 Å². The highest BCUT2D eigenvalue weighted by molar-refractivity contribution is 5.91. The van der Waals surface area contributed by atoms with Crippen LogP contribution in [0.1, 0.15) is 21.5 Å². The van der Waals surface area contributed by atoms with Crippen molar-refractivity contribution in [2.75, 3.05) is 13.7 Å². The highest BCUT2D eigenvalue weighted by Crippen LogP contribution is 2.28. The van der Waals surface area contributed by atoms with E-state index in [0.29, 0.717) is 35.0 Å². The van der Waals surface area contributed by atoms with Crippen molar-refractivity contribution in [2.45, 2.75) is 6.61 Å². The number of methoxy groups -OCH3 is 1. The van der Waals surface area contributed by atoms with E-state index in [1.165, 1.54) is 13.3 Å². The van der Waals surface area contributed by atoms with Gasteiger partial charge in [-0.15, -0.1) is 0 Å². The maximum absolute atomic E-state index is 12.3. The van der Waals surface area contributed by atoms with Crippen LogP contribution in [0.3, 0.4) is 0 Å². The first-order chi connectivity index (χ1) is 18.6. The molecular formula is C30H26N2O6. The molecule has 0 saturated carbocycles. The molecule has 0 saturated heterocycles. The molecule has 0 fully saturated rings. The van der Waals surface area contributed by atoms with Gasteiger partial charge in [0, 0.05) is 0 Å². The van der Waals surface area contributed by atoms with Crippen LogP contribution < -0.4 is 24.4 Å². The zero-order valence-corrected chi connectivity index (χ0v) is 20.7. The van der Waals surface area contributed by atoms with Crippen molar-refractivity contribution in [3.05, 3.63) is 120 Å². The second kappa shape index (κ2) is 13.3. The molecule has 4 rings (SSSR count). The van der Waals surface area contributed by atoms with E-state index >= 15 is 0 Å². The Morgan fingerprint density at radius 3 is 2.13 bits per heavy atom. The van der Waals surface area contributed by atoms with Crippen molar-refractivity contribution in [1.29, 1.82) is 0 Å². The van der Waals surface area contributed by atoms with Gasteiger partial charge in [-0.3, -0.25) is 4.79 Å². The summed E-state index contributed by atoms with van der Waals surface area (Å²) in [4.78, 5) is 24.4. The highest BCUT2D eigenvalue weighted by Gasteiger charge is 2.12. The first-order valence-corrected chi connectivity index (χ1v) is 11.8. The van der Waals surface area contributed by atoms with Crippen molar-refractivity contribution >= 4 is 18.1 Å². The van der Waals surface area contributed by atoms with Crippen LogP contribution >= 0.6 is 0 Å². The first kappa shape index (κ1) is 26.0.